The van der Waals surface area contributed by atoms with Crippen molar-refractivity contribution >= 4 is 23.4 Å². The van der Waals surface area contributed by atoms with Crippen LogP contribution in [0.2, 0.25) is 0 Å². The third kappa shape index (κ3) is 5.04. The van der Waals surface area contributed by atoms with Crippen molar-refractivity contribution in [2.45, 2.75) is 32.7 Å². The highest BCUT2D eigenvalue weighted by molar-refractivity contribution is 7.98. The summed E-state index contributed by atoms with van der Waals surface area (Å²) in [5.41, 5.74) is 0.665. The maximum atomic E-state index is 13.8. The molecule has 0 aromatic heterocycles. The van der Waals surface area contributed by atoms with E-state index in [9.17, 15) is 9.18 Å². The molecule has 1 atom stereocenters. The van der Waals surface area contributed by atoms with Crippen LogP contribution in [0.1, 0.15) is 37.0 Å². The topological polar surface area (TPSA) is 41.1 Å². The summed E-state index contributed by atoms with van der Waals surface area (Å²) in [7, 11) is 0. The molecular weight excluding hydrogens is 275 g/mol. The number of carbonyl (C=O) groups excluding carboxylic acids is 1. The fraction of sp³-hybridized carbons (Fsp3) is 0.533. The summed E-state index contributed by atoms with van der Waals surface area (Å²) in [5, 5.41) is 5.90. The minimum Gasteiger partial charge on any atom is -0.382 e. The molecule has 3 nitrogen and oxygen atoms in total. The Morgan fingerprint density at radius 1 is 1.45 bits per heavy atom. The number of hydrogen-bond donors (Lipinski definition) is 2. The summed E-state index contributed by atoms with van der Waals surface area (Å²) >= 11 is 1.75. The first-order valence-electron chi connectivity index (χ1n) is 6.92. The van der Waals surface area contributed by atoms with Crippen molar-refractivity contribution in [3.05, 3.63) is 29.6 Å². The Labute approximate surface area is 124 Å². The molecule has 0 aliphatic heterocycles. The van der Waals surface area contributed by atoms with Crippen molar-refractivity contribution in [1.29, 1.82) is 0 Å². The molecule has 1 aromatic carbocycles. The van der Waals surface area contributed by atoms with E-state index in [1.54, 1.807) is 23.9 Å². The predicted molar refractivity (Wildman–Crippen MR) is 85.1 cm³/mol. The molecule has 1 unspecified atom stereocenters. The van der Waals surface area contributed by atoms with Crippen LogP contribution in [0, 0.1) is 5.82 Å². The van der Waals surface area contributed by atoms with Gasteiger partial charge in [-0.3, -0.25) is 4.79 Å². The van der Waals surface area contributed by atoms with E-state index in [1.807, 2.05) is 20.1 Å². The zero-order valence-electron chi connectivity index (χ0n) is 12.3. The first-order valence-corrected chi connectivity index (χ1v) is 8.31. The van der Waals surface area contributed by atoms with Crippen LogP contribution in [0.25, 0.3) is 0 Å². The Bertz CT molecular complexity index is 440. The number of rotatable bonds is 8. The van der Waals surface area contributed by atoms with E-state index >= 15 is 0 Å². The quantitative estimate of drug-likeness (QED) is 0.771. The van der Waals surface area contributed by atoms with Crippen LogP contribution in [0.4, 0.5) is 10.1 Å². The number of benzene rings is 1. The van der Waals surface area contributed by atoms with Gasteiger partial charge in [0, 0.05) is 12.6 Å². The molecule has 1 amide bonds. The number of hydrogen-bond acceptors (Lipinski definition) is 3. The maximum absolute atomic E-state index is 13.8. The van der Waals surface area contributed by atoms with Crippen LogP contribution in [-0.4, -0.2) is 30.5 Å². The zero-order chi connectivity index (χ0) is 15.0. The van der Waals surface area contributed by atoms with Gasteiger partial charge in [-0.1, -0.05) is 13.0 Å². The molecule has 2 N–H and O–H groups in total. The molecule has 0 saturated heterocycles. The summed E-state index contributed by atoms with van der Waals surface area (Å²) in [4.78, 5) is 12.2. The van der Waals surface area contributed by atoms with E-state index in [4.69, 9.17) is 0 Å². The fourth-order valence-corrected chi connectivity index (χ4v) is 2.40. The van der Waals surface area contributed by atoms with Gasteiger partial charge in [0.2, 0.25) is 0 Å². The van der Waals surface area contributed by atoms with Crippen molar-refractivity contribution < 1.29 is 9.18 Å². The molecular formula is C15H23FN2OS. The minimum atomic E-state index is -0.386. The molecule has 0 heterocycles. The first-order chi connectivity index (χ1) is 9.60. The van der Waals surface area contributed by atoms with E-state index < -0.39 is 0 Å². The molecule has 5 heteroatoms. The van der Waals surface area contributed by atoms with E-state index in [-0.39, 0.29) is 17.8 Å². The van der Waals surface area contributed by atoms with Gasteiger partial charge in [-0.25, -0.2) is 4.39 Å². The van der Waals surface area contributed by atoms with Gasteiger partial charge in [-0.05, 0) is 43.9 Å². The van der Waals surface area contributed by atoms with Gasteiger partial charge in [0.25, 0.3) is 5.91 Å². The van der Waals surface area contributed by atoms with Gasteiger partial charge in [0.15, 0.2) is 0 Å². The number of anilines is 1. The summed E-state index contributed by atoms with van der Waals surface area (Å²) in [6.07, 6.45) is 3.81. The zero-order valence-corrected chi connectivity index (χ0v) is 13.1. The van der Waals surface area contributed by atoms with Gasteiger partial charge >= 0.3 is 0 Å². The lowest BCUT2D eigenvalue weighted by molar-refractivity contribution is 0.0940. The van der Waals surface area contributed by atoms with E-state index in [0.717, 1.165) is 18.6 Å². The molecule has 20 heavy (non-hydrogen) atoms. The molecule has 0 radical (unpaired) electrons. The summed E-state index contributed by atoms with van der Waals surface area (Å²) in [5.74, 6) is 0.380. The fourth-order valence-electron chi connectivity index (χ4n) is 1.81. The second kappa shape index (κ2) is 8.84. The van der Waals surface area contributed by atoms with Gasteiger partial charge in [-0.15, -0.1) is 0 Å². The molecule has 0 aliphatic carbocycles. The summed E-state index contributed by atoms with van der Waals surface area (Å²) in [6, 6.07) is 4.66. The van der Waals surface area contributed by atoms with E-state index in [0.29, 0.717) is 17.8 Å². The Morgan fingerprint density at radius 2 is 2.20 bits per heavy atom. The van der Waals surface area contributed by atoms with Crippen molar-refractivity contribution in [3.8, 4) is 0 Å². The van der Waals surface area contributed by atoms with Crippen molar-refractivity contribution in [2.24, 2.45) is 0 Å². The highest BCUT2D eigenvalue weighted by Gasteiger charge is 2.16. The summed E-state index contributed by atoms with van der Waals surface area (Å²) < 4.78 is 13.8. The van der Waals surface area contributed by atoms with Crippen LogP contribution in [0.15, 0.2) is 18.2 Å². The molecule has 112 valence electrons. The van der Waals surface area contributed by atoms with Crippen LogP contribution >= 0.6 is 11.8 Å². The van der Waals surface area contributed by atoms with Gasteiger partial charge in [-0.2, -0.15) is 11.8 Å². The number of thioether (sulfide) groups is 1. The molecule has 0 aliphatic rings. The monoisotopic (exact) mass is 298 g/mol. The van der Waals surface area contributed by atoms with Crippen LogP contribution in [0.3, 0.4) is 0 Å². The predicted octanol–water partition coefficient (Wildman–Crippen LogP) is 3.52. The van der Waals surface area contributed by atoms with Gasteiger partial charge in [0.05, 0.1) is 11.3 Å². The maximum Gasteiger partial charge on any atom is 0.253 e. The van der Waals surface area contributed by atoms with Crippen molar-refractivity contribution in [2.75, 3.05) is 23.9 Å². The molecule has 1 aromatic rings. The summed E-state index contributed by atoms with van der Waals surface area (Å²) in [6.45, 7) is 4.61. The SMILES string of the molecule is CCCNc1c(F)cccc1C(=O)NC(C)CCSC. The smallest absolute Gasteiger partial charge is 0.253 e. The molecule has 0 fully saturated rings. The Balaban J connectivity index is 2.78. The second-order valence-electron chi connectivity index (χ2n) is 4.75. The Hall–Kier alpha value is -1.23. The lowest BCUT2D eigenvalue weighted by Crippen LogP contribution is -2.33. The average molecular weight is 298 g/mol. The number of halogens is 1. The number of para-hydroxylation sites is 1. The number of carbonyl (C=O) groups is 1. The largest absolute Gasteiger partial charge is 0.382 e. The Kier molecular flexibility index (Phi) is 7.44. The number of amides is 1. The van der Waals surface area contributed by atoms with Crippen molar-refractivity contribution in [3.63, 3.8) is 0 Å². The first kappa shape index (κ1) is 16.8. The lowest BCUT2D eigenvalue weighted by atomic mass is 10.1. The van der Waals surface area contributed by atoms with Gasteiger partial charge in [0.1, 0.15) is 5.82 Å². The average Bonchev–Trinajstić information content (AvgIpc) is 2.43. The lowest BCUT2D eigenvalue weighted by Gasteiger charge is -2.16. The van der Waals surface area contributed by atoms with Crippen LogP contribution in [-0.2, 0) is 0 Å². The van der Waals surface area contributed by atoms with E-state index in [1.165, 1.54) is 6.07 Å². The molecule has 0 bridgehead atoms. The highest BCUT2D eigenvalue weighted by atomic mass is 32.2. The molecule has 0 spiro atoms. The standard InChI is InChI=1S/C15H23FN2OS/c1-4-9-17-14-12(6-5-7-13(14)16)15(19)18-11(2)8-10-20-3/h5-7,11,17H,4,8-10H2,1-3H3,(H,18,19). The number of nitrogens with one attached hydrogen (secondary N) is 2. The van der Waals surface area contributed by atoms with Gasteiger partial charge < -0.3 is 10.6 Å². The molecule has 1 rings (SSSR count). The third-order valence-electron chi connectivity index (χ3n) is 2.94. The molecule has 0 saturated carbocycles. The van der Waals surface area contributed by atoms with Crippen molar-refractivity contribution in [1.82, 2.24) is 5.32 Å². The minimum absolute atomic E-state index is 0.0808. The normalized spacial score (nSPS) is 12.0. The van der Waals surface area contributed by atoms with E-state index in [2.05, 4.69) is 10.6 Å². The van der Waals surface area contributed by atoms with Crippen LogP contribution < -0.4 is 10.6 Å². The third-order valence-corrected chi connectivity index (χ3v) is 3.59. The highest BCUT2D eigenvalue weighted by Crippen LogP contribution is 2.20. The second-order valence-corrected chi connectivity index (χ2v) is 5.73. The van der Waals surface area contributed by atoms with Crippen LogP contribution in [0.5, 0.6) is 0 Å². The Morgan fingerprint density at radius 3 is 2.85 bits per heavy atom.